The van der Waals surface area contributed by atoms with E-state index in [1.807, 2.05) is 0 Å². The topological polar surface area (TPSA) is 78.4 Å². The summed E-state index contributed by atoms with van der Waals surface area (Å²) in [5.74, 6) is -3.72. The fourth-order valence-electron chi connectivity index (χ4n) is 1.71. The number of hydrogen-bond donors (Lipinski definition) is 3. The molecule has 21 heavy (non-hydrogen) atoms. The van der Waals surface area contributed by atoms with Crippen LogP contribution in [-0.4, -0.2) is 23.7 Å². The zero-order valence-electron chi connectivity index (χ0n) is 11.8. The first-order chi connectivity index (χ1) is 9.81. The molecule has 1 unspecified atom stereocenters. The maximum absolute atomic E-state index is 13.0. The van der Waals surface area contributed by atoms with Gasteiger partial charge in [0.25, 0.3) is 0 Å². The lowest BCUT2D eigenvalue weighted by atomic mass is 9.96. The van der Waals surface area contributed by atoms with Crippen molar-refractivity contribution in [3.63, 3.8) is 0 Å². The van der Waals surface area contributed by atoms with Crippen LogP contribution in [0.2, 0.25) is 0 Å². The van der Waals surface area contributed by atoms with Crippen molar-refractivity contribution in [2.75, 3.05) is 6.54 Å². The number of carboxylic acid groups (broad SMARTS) is 1. The molecule has 0 aliphatic rings. The normalized spacial score (nSPS) is 12.0. The molecule has 0 aliphatic carbocycles. The largest absolute Gasteiger partial charge is 0.481 e. The predicted octanol–water partition coefficient (Wildman–Crippen LogP) is 2.12. The third-order valence-corrected chi connectivity index (χ3v) is 3.04. The van der Waals surface area contributed by atoms with Crippen LogP contribution >= 0.6 is 0 Å². The maximum Gasteiger partial charge on any atom is 0.315 e. The quantitative estimate of drug-likeness (QED) is 0.753. The molecule has 0 spiro atoms. The summed E-state index contributed by atoms with van der Waals surface area (Å²) in [5.41, 5.74) is 0.405. The van der Waals surface area contributed by atoms with Gasteiger partial charge in [0.15, 0.2) is 11.6 Å². The van der Waals surface area contributed by atoms with Crippen LogP contribution in [0.1, 0.15) is 19.4 Å². The Kier molecular flexibility index (Phi) is 6.08. The van der Waals surface area contributed by atoms with E-state index in [-0.39, 0.29) is 19.0 Å². The number of carboxylic acids is 1. The molecule has 0 heterocycles. The van der Waals surface area contributed by atoms with E-state index < -0.39 is 29.6 Å². The maximum atomic E-state index is 13.0. The summed E-state index contributed by atoms with van der Waals surface area (Å²) in [7, 11) is 0. The highest BCUT2D eigenvalue weighted by atomic mass is 19.2. The highest BCUT2D eigenvalue weighted by molar-refractivity contribution is 5.75. The molecule has 0 aliphatic heterocycles. The number of amides is 2. The minimum Gasteiger partial charge on any atom is -0.481 e. The van der Waals surface area contributed by atoms with E-state index in [0.29, 0.717) is 5.56 Å². The number of hydrogen-bond acceptors (Lipinski definition) is 2. The van der Waals surface area contributed by atoms with Gasteiger partial charge in [-0.05, 0) is 23.6 Å². The number of rotatable bonds is 6. The Labute approximate surface area is 121 Å². The van der Waals surface area contributed by atoms with Crippen molar-refractivity contribution in [1.82, 2.24) is 10.6 Å². The Hall–Kier alpha value is -2.18. The molecule has 0 saturated carbocycles. The summed E-state index contributed by atoms with van der Waals surface area (Å²) >= 11 is 0. The molecule has 1 aromatic carbocycles. The lowest BCUT2D eigenvalue weighted by Crippen LogP contribution is -2.41. The molecule has 0 bridgehead atoms. The lowest BCUT2D eigenvalue weighted by Gasteiger charge is -2.17. The monoisotopic (exact) mass is 300 g/mol. The van der Waals surface area contributed by atoms with E-state index in [1.165, 1.54) is 6.07 Å². The second kappa shape index (κ2) is 7.56. The Bertz CT molecular complexity index is 521. The molecule has 0 aromatic heterocycles. The SMILES string of the molecule is CC(C)C(CNC(=O)NCc1ccc(F)c(F)c1)C(=O)O. The van der Waals surface area contributed by atoms with Crippen molar-refractivity contribution in [2.45, 2.75) is 20.4 Å². The summed E-state index contributed by atoms with van der Waals surface area (Å²) < 4.78 is 25.7. The van der Waals surface area contributed by atoms with E-state index in [4.69, 9.17) is 5.11 Å². The number of carbonyl (C=O) groups is 2. The Morgan fingerprint density at radius 2 is 1.86 bits per heavy atom. The number of benzene rings is 1. The van der Waals surface area contributed by atoms with Gasteiger partial charge in [-0.25, -0.2) is 13.6 Å². The van der Waals surface area contributed by atoms with Crippen molar-refractivity contribution in [3.05, 3.63) is 35.4 Å². The predicted molar refractivity (Wildman–Crippen MR) is 72.6 cm³/mol. The number of carbonyl (C=O) groups excluding carboxylic acids is 1. The molecule has 1 rings (SSSR count). The Morgan fingerprint density at radius 1 is 1.19 bits per heavy atom. The van der Waals surface area contributed by atoms with E-state index >= 15 is 0 Å². The molecule has 5 nitrogen and oxygen atoms in total. The first kappa shape index (κ1) is 16.9. The van der Waals surface area contributed by atoms with Gasteiger partial charge < -0.3 is 15.7 Å². The van der Waals surface area contributed by atoms with Gasteiger partial charge >= 0.3 is 12.0 Å². The standard InChI is InChI=1S/C14H18F2N2O3/c1-8(2)10(13(19)20)7-18-14(21)17-6-9-3-4-11(15)12(16)5-9/h3-5,8,10H,6-7H2,1-2H3,(H,19,20)(H2,17,18,21). The molecule has 1 atom stereocenters. The molecule has 0 saturated heterocycles. The average molecular weight is 300 g/mol. The van der Waals surface area contributed by atoms with Crippen molar-refractivity contribution in [3.8, 4) is 0 Å². The second-order valence-corrected chi connectivity index (χ2v) is 5.00. The third kappa shape index (κ3) is 5.37. The van der Waals surface area contributed by atoms with Gasteiger partial charge in [0.1, 0.15) is 0 Å². The minimum absolute atomic E-state index is 0.00336. The zero-order chi connectivity index (χ0) is 16.0. The van der Waals surface area contributed by atoms with Gasteiger partial charge in [-0.2, -0.15) is 0 Å². The van der Waals surface area contributed by atoms with Crippen LogP contribution in [0.5, 0.6) is 0 Å². The van der Waals surface area contributed by atoms with Crippen LogP contribution in [0.15, 0.2) is 18.2 Å². The van der Waals surface area contributed by atoms with E-state index in [9.17, 15) is 18.4 Å². The van der Waals surface area contributed by atoms with Crippen LogP contribution in [0.25, 0.3) is 0 Å². The lowest BCUT2D eigenvalue weighted by molar-refractivity contribution is -0.142. The van der Waals surface area contributed by atoms with Gasteiger partial charge in [0.2, 0.25) is 0 Å². The molecule has 2 amide bonds. The summed E-state index contributed by atoms with van der Waals surface area (Å²) in [6.45, 7) is 3.51. The molecule has 7 heteroatoms. The molecule has 0 radical (unpaired) electrons. The summed E-state index contributed by atoms with van der Waals surface area (Å²) in [6, 6.07) is 2.76. The van der Waals surface area contributed by atoms with Gasteiger partial charge in [-0.1, -0.05) is 19.9 Å². The zero-order valence-corrected chi connectivity index (χ0v) is 11.8. The van der Waals surface area contributed by atoms with Crippen molar-refractivity contribution in [2.24, 2.45) is 11.8 Å². The van der Waals surface area contributed by atoms with Gasteiger partial charge in [0, 0.05) is 13.1 Å². The van der Waals surface area contributed by atoms with Crippen LogP contribution in [0, 0.1) is 23.5 Å². The minimum atomic E-state index is -0.986. The van der Waals surface area contributed by atoms with Crippen molar-refractivity contribution in [1.29, 1.82) is 0 Å². The van der Waals surface area contributed by atoms with Crippen molar-refractivity contribution >= 4 is 12.0 Å². The highest BCUT2D eigenvalue weighted by Crippen LogP contribution is 2.10. The Balaban J connectivity index is 2.43. The molecule has 0 fully saturated rings. The summed E-state index contributed by atoms with van der Waals surface area (Å²) in [6.07, 6.45) is 0. The number of aliphatic carboxylic acids is 1. The second-order valence-electron chi connectivity index (χ2n) is 5.00. The van der Waals surface area contributed by atoms with Crippen LogP contribution in [0.4, 0.5) is 13.6 Å². The van der Waals surface area contributed by atoms with Crippen LogP contribution in [0.3, 0.4) is 0 Å². The summed E-state index contributed by atoms with van der Waals surface area (Å²) in [4.78, 5) is 22.5. The molecular formula is C14H18F2N2O3. The molecular weight excluding hydrogens is 282 g/mol. The van der Waals surface area contributed by atoms with Gasteiger partial charge in [0.05, 0.1) is 5.92 Å². The Morgan fingerprint density at radius 3 is 2.38 bits per heavy atom. The fraction of sp³-hybridized carbons (Fsp3) is 0.429. The fourth-order valence-corrected chi connectivity index (χ4v) is 1.71. The van der Waals surface area contributed by atoms with Crippen LogP contribution < -0.4 is 10.6 Å². The highest BCUT2D eigenvalue weighted by Gasteiger charge is 2.21. The summed E-state index contributed by atoms with van der Waals surface area (Å²) in [5, 5.41) is 13.9. The first-order valence-corrected chi connectivity index (χ1v) is 6.49. The molecule has 1 aromatic rings. The van der Waals surface area contributed by atoms with Crippen molar-refractivity contribution < 1.29 is 23.5 Å². The first-order valence-electron chi connectivity index (χ1n) is 6.49. The smallest absolute Gasteiger partial charge is 0.315 e. The molecule has 116 valence electrons. The van der Waals surface area contributed by atoms with E-state index in [2.05, 4.69) is 10.6 Å². The number of halogens is 2. The number of urea groups is 1. The van der Waals surface area contributed by atoms with Gasteiger partial charge in [-0.15, -0.1) is 0 Å². The molecule has 3 N–H and O–H groups in total. The third-order valence-electron chi connectivity index (χ3n) is 3.04. The van der Waals surface area contributed by atoms with Crippen LogP contribution in [-0.2, 0) is 11.3 Å². The average Bonchev–Trinajstić information content (AvgIpc) is 2.39. The number of nitrogens with one attached hydrogen (secondary N) is 2. The van der Waals surface area contributed by atoms with E-state index in [1.54, 1.807) is 13.8 Å². The van der Waals surface area contributed by atoms with Gasteiger partial charge in [-0.3, -0.25) is 4.79 Å². The van der Waals surface area contributed by atoms with E-state index in [0.717, 1.165) is 12.1 Å².